The van der Waals surface area contributed by atoms with Gasteiger partial charge in [-0.2, -0.15) is 0 Å². The van der Waals surface area contributed by atoms with Crippen molar-refractivity contribution in [3.63, 3.8) is 0 Å². The quantitative estimate of drug-likeness (QED) is 0.0358. The monoisotopic (exact) mass is 844 g/mol. The summed E-state index contributed by atoms with van der Waals surface area (Å²) < 4.78 is 34.2. The average Bonchev–Trinajstić information content (AvgIpc) is 3.23. The van der Waals surface area contributed by atoms with Crippen molar-refractivity contribution in [1.29, 1.82) is 0 Å². The second-order valence-electron chi connectivity index (χ2n) is 16.1. The maximum absolute atomic E-state index is 12.2. The molecule has 8 heteroatoms. The fourth-order valence-electron chi connectivity index (χ4n) is 6.61. The van der Waals surface area contributed by atoms with Crippen LogP contribution in [0, 0.1) is 47.4 Å². The molecule has 59 heavy (non-hydrogen) atoms. The second kappa shape index (κ2) is 48.9. The Bertz CT molecular complexity index is 1200. The van der Waals surface area contributed by atoms with E-state index in [2.05, 4.69) is 61.2 Å². The summed E-state index contributed by atoms with van der Waals surface area (Å²) in [6.07, 6.45) is 40.8. The minimum Gasteiger partial charge on any atom is -0.379 e. The summed E-state index contributed by atoms with van der Waals surface area (Å²) in [5.74, 6) is 25.0. The van der Waals surface area contributed by atoms with Gasteiger partial charge in [-0.3, -0.25) is 9.05 Å². The maximum atomic E-state index is 12.2. The van der Waals surface area contributed by atoms with Crippen LogP contribution in [-0.4, -0.2) is 50.6 Å². The van der Waals surface area contributed by atoms with Crippen LogP contribution >= 0.6 is 7.82 Å². The van der Waals surface area contributed by atoms with E-state index >= 15 is 0 Å². The normalized spacial score (nSPS) is 12.3. The van der Waals surface area contributed by atoms with E-state index < -0.39 is 13.9 Å². The molecule has 0 aliphatic carbocycles. The number of ether oxygens (including phenoxy) is 2. The van der Waals surface area contributed by atoms with Gasteiger partial charge in [0.05, 0.1) is 19.8 Å². The molecule has 0 bridgehead atoms. The number of nitrogens with two attached hydrogens (primary N) is 1. The minimum absolute atomic E-state index is 0.0416. The van der Waals surface area contributed by atoms with E-state index in [-0.39, 0.29) is 19.8 Å². The topological polar surface area (TPSA) is 100 Å². The van der Waals surface area contributed by atoms with Crippen molar-refractivity contribution in [2.45, 2.75) is 238 Å². The van der Waals surface area contributed by atoms with Gasteiger partial charge >= 0.3 is 7.82 Å². The van der Waals surface area contributed by atoms with E-state index in [1.165, 1.54) is 154 Å². The summed E-state index contributed by atoms with van der Waals surface area (Å²) in [5, 5.41) is 0. The predicted octanol–water partition coefficient (Wildman–Crippen LogP) is 13.8. The van der Waals surface area contributed by atoms with Crippen LogP contribution in [0.4, 0.5) is 0 Å². The highest BCUT2D eigenvalue weighted by atomic mass is 31.2. The lowest BCUT2D eigenvalue weighted by molar-refractivity contribution is -0.0443. The fourth-order valence-corrected chi connectivity index (χ4v) is 7.38. The van der Waals surface area contributed by atoms with Crippen LogP contribution < -0.4 is 5.73 Å². The second-order valence-corrected chi connectivity index (χ2v) is 17.5. The molecule has 0 aromatic rings. The summed E-state index contributed by atoms with van der Waals surface area (Å²) in [7, 11) is -4.17. The third-order valence-corrected chi connectivity index (χ3v) is 11.3. The van der Waals surface area contributed by atoms with Crippen LogP contribution in [0.5, 0.6) is 0 Å². The van der Waals surface area contributed by atoms with E-state index in [1.807, 2.05) is 0 Å². The number of hydrogen-bond donors (Lipinski definition) is 2. The van der Waals surface area contributed by atoms with Crippen LogP contribution in [-0.2, 0) is 23.1 Å². The van der Waals surface area contributed by atoms with Gasteiger partial charge in [-0.1, -0.05) is 192 Å². The van der Waals surface area contributed by atoms with Gasteiger partial charge in [0.1, 0.15) is 6.10 Å². The molecule has 0 aliphatic rings. The van der Waals surface area contributed by atoms with Crippen molar-refractivity contribution in [1.82, 2.24) is 0 Å². The van der Waals surface area contributed by atoms with Gasteiger partial charge < -0.3 is 20.1 Å². The molecule has 3 N–H and O–H groups in total. The number of hydrogen-bond acceptors (Lipinski definition) is 6. The summed E-state index contributed by atoms with van der Waals surface area (Å²) >= 11 is 0. The molecule has 0 rings (SSSR count). The number of unbranched alkanes of at least 4 members (excludes halogenated alkanes) is 30. The molecule has 340 valence electrons. The first-order valence-corrected chi connectivity index (χ1v) is 26.0. The van der Waals surface area contributed by atoms with Gasteiger partial charge in [0.25, 0.3) is 0 Å². The van der Waals surface area contributed by atoms with Crippen molar-refractivity contribution in [2.75, 3.05) is 39.6 Å². The van der Waals surface area contributed by atoms with Crippen molar-refractivity contribution in [3.05, 3.63) is 0 Å². The summed E-state index contributed by atoms with van der Waals surface area (Å²) in [4.78, 5) is 9.94. The lowest BCUT2D eigenvalue weighted by atomic mass is 10.1. The van der Waals surface area contributed by atoms with Gasteiger partial charge in [0.2, 0.25) is 0 Å². The Hall–Kier alpha value is -1.77. The van der Waals surface area contributed by atoms with Gasteiger partial charge in [0.15, 0.2) is 0 Å². The minimum atomic E-state index is -4.17. The smallest absolute Gasteiger partial charge is 0.379 e. The van der Waals surface area contributed by atoms with Crippen molar-refractivity contribution >= 4 is 7.82 Å². The molecular weight excluding hydrogens is 754 g/mol. The first-order valence-electron chi connectivity index (χ1n) is 24.5. The van der Waals surface area contributed by atoms with Gasteiger partial charge in [-0.15, -0.1) is 0 Å². The highest BCUT2D eigenvalue weighted by molar-refractivity contribution is 7.47. The molecule has 0 amide bonds. The zero-order valence-corrected chi connectivity index (χ0v) is 39.3. The molecule has 0 saturated heterocycles. The highest BCUT2D eigenvalue weighted by Gasteiger charge is 2.23. The molecule has 0 radical (unpaired) electrons. The van der Waals surface area contributed by atoms with Gasteiger partial charge in [-0.05, 0) is 62.2 Å². The molecule has 0 spiro atoms. The molecule has 0 fully saturated rings. The lowest BCUT2D eigenvalue weighted by Gasteiger charge is -2.20. The van der Waals surface area contributed by atoms with E-state index in [0.29, 0.717) is 19.8 Å². The molecular formula is C51H90NO6P. The molecule has 0 saturated carbocycles. The Balaban J connectivity index is 3.95. The summed E-state index contributed by atoms with van der Waals surface area (Å²) in [6, 6.07) is 0. The van der Waals surface area contributed by atoms with E-state index in [9.17, 15) is 9.46 Å². The van der Waals surface area contributed by atoms with Gasteiger partial charge in [0, 0.05) is 45.4 Å². The first kappa shape index (κ1) is 57.2. The Morgan fingerprint density at radius 1 is 0.441 bits per heavy atom. The molecule has 2 atom stereocenters. The van der Waals surface area contributed by atoms with Crippen molar-refractivity contribution in [3.8, 4) is 47.4 Å². The molecule has 7 nitrogen and oxygen atoms in total. The maximum Gasteiger partial charge on any atom is 0.472 e. The summed E-state index contributed by atoms with van der Waals surface area (Å²) in [6.45, 7) is 6.07. The molecule has 0 heterocycles. The Morgan fingerprint density at radius 2 is 0.780 bits per heavy atom. The van der Waals surface area contributed by atoms with Crippen LogP contribution in [0.1, 0.15) is 232 Å². The third-order valence-electron chi connectivity index (χ3n) is 10.3. The SMILES string of the molecule is CCCCCCCCCCC#CC#CCCCCCCCCCOC[C@H](COP(=O)(O)OCCN)OCCCCCCCCCC#CC#CCCCCCCCCCC. The van der Waals surface area contributed by atoms with Gasteiger partial charge in [-0.25, -0.2) is 4.57 Å². The highest BCUT2D eigenvalue weighted by Crippen LogP contribution is 2.43. The number of phosphoric acid groups is 1. The average molecular weight is 844 g/mol. The van der Waals surface area contributed by atoms with Crippen molar-refractivity contribution < 1.29 is 28.0 Å². The first-order chi connectivity index (χ1) is 29.1. The molecule has 0 aliphatic heterocycles. The van der Waals surface area contributed by atoms with E-state index in [1.54, 1.807) is 0 Å². The third kappa shape index (κ3) is 48.8. The summed E-state index contributed by atoms with van der Waals surface area (Å²) in [5.41, 5.74) is 5.40. The molecule has 0 aromatic heterocycles. The zero-order valence-electron chi connectivity index (χ0n) is 38.4. The van der Waals surface area contributed by atoms with Crippen LogP contribution in [0.15, 0.2) is 0 Å². The van der Waals surface area contributed by atoms with Crippen LogP contribution in [0.3, 0.4) is 0 Å². The molecule has 1 unspecified atom stereocenters. The number of rotatable bonds is 43. The van der Waals surface area contributed by atoms with Crippen LogP contribution in [0.2, 0.25) is 0 Å². The van der Waals surface area contributed by atoms with E-state index in [0.717, 1.165) is 64.2 Å². The largest absolute Gasteiger partial charge is 0.472 e. The Kier molecular flexibility index (Phi) is 47.4. The molecule has 0 aromatic carbocycles. The van der Waals surface area contributed by atoms with Crippen LogP contribution in [0.25, 0.3) is 0 Å². The zero-order chi connectivity index (χ0) is 42.8. The lowest BCUT2D eigenvalue weighted by Crippen LogP contribution is -2.26. The number of phosphoric ester groups is 1. The predicted molar refractivity (Wildman–Crippen MR) is 251 cm³/mol. The fraction of sp³-hybridized carbons (Fsp3) is 0.843. The van der Waals surface area contributed by atoms with E-state index in [4.69, 9.17) is 24.3 Å². The standard InChI is InChI=1S/C51H90NO6P/c1-3-5-7-9-11-13-15-17-19-21-23-25-27-29-31-33-35-37-39-41-43-46-55-49-51(50-58-59(53,54)57-48-45-52)56-47-44-42-40-38-36-34-32-30-28-26-24-22-20-18-16-14-12-10-8-6-4-2/h51H,3-20,29-50,52H2,1-2H3,(H,53,54)/t51-/m1/s1. The van der Waals surface area contributed by atoms with Crippen molar-refractivity contribution in [2.24, 2.45) is 5.73 Å². The Labute approximate surface area is 365 Å². The Morgan fingerprint density at radius 3 is 1.15 bits per heavy atom.